The van der Waals surface area contributed by atoms with Crippen LogP contribution in [0.15, 0.2) is 83.3 Å². The van der Waals surface area contributed by atoms with Crippen molar-refractivity contribution in [3.05, 3.63) is 119 Å². The first-order valence-electron chi connectivity index (χ1n) is 17.0. The van der Waals surface area contributed by atoms with Crippen LogP contribution in [-0.2, 0) is 19.4 Å². The number of aromatic nitrogens is 1. The van der Waals surface area contributed by atoms with E-state index < -0.39 is 0 Å². The Hall–Kier alpha value is -3.48. The molecule has 1 aliphatic carbocycles. The summed E-state index contributed by atoms with van der Waals surface area (Å²) >= 11 is 0. The number of nitrogens with zero attached hydrogens (tertiary/aromatic N) is 4. The molecule has 0 bridgehead atoms. The summed E-state index contributed by atoms with van der Waals surface area (Å²) in [6, 6.07) is 27.2. The molecule has 2 unspecified atom stereocenters. The van der Waals surface area contributed by atoms with Gasteiger partial charge in [0.25, 0.3) is 0 Å². The summed E-state index contributed by atoms with van der Waals surface area (Å²) in [5.74, 6) is 2.68. The molecule has 236 valence electrons. The maximum atomic E-state index is 14.3. The standard InChI is InChI=1S/C39H47FN4O/c1-42(2)36(32-15-10-16-34(40)26-32)30-17-19-31(20-18-30)37(44-24-21-29-13-6-7-14-33(29)27-44)38-41-35(25-28-11-4-3-5-12-28)39(45-38)43-22-8-9-23-43/h3-7,10-16,26,30-31,36-37H,8-9,17-25,27H2,1-2H3. The van der Waals surface area contributed by atoms with E-state index in [9.17, 15) is 4.39 Å². The Morgan fingerprint density at radius 1 is 0.844 bits per heavy atom. The van der Waals surface area contributed by atoms with Crippen LogP contribution < -0.4 is 4.90 Å². The van der Waals surface area contributed by atoms with Crippen LogP contribution in [0.2, 0.25) is 0 Å². The first-order chi connectivity index (χ1) is 22.0. The lowest BCUT2D eigenvalue weighted by Gasteiger charge is -2.43. The number of hydrogen-bond donors (Lipinski definition) is 0. The van der Waals surface area contributed by atoms with Gasteiger partial charge in [-0.1, -0.05) is 66.7 Å². The molecule has 1 saturated carbocycles. The first kappa shape index (κ1) is 30.2. The van der Waals surface area contributed by atoms with Crippen LogP contribution in [0.3, 0.4) is 0 Å². The average molecular weight is 607 g/mol. The van der Waals surface area contributed by atoms with Gasteiger partial charge in [0.2, 0.25) is 11.8 Å². The highest BCUT2D eigenvalue weighted by Gasteiger charge is 2.40. The molecule has 0 amide bonds. The van der Waals surface area contributed by atoms with E-state index in [-0.39, 0.29) is 17.9 Å². The molecule has 7 rings (SSSR count). The minimum Gasteiger partial charge on any atom is -0.423 e. The Morgan fingerprint density at radius 3 is 2.29 bits per heavy atom. The fourth-order valence-electron chi connectivity index (χ4n) is 8.43. The molecular formula is C39H47FN4O. The van der Waals surface area contributed by atoms with Crippen molar-refractivity contribution in [3.8, 4) is 0 Å². The van der Waals surface area contributed by atoms with Crippen molar-refractivity contribution in [3.63, 3.8) is 0 Å². The number of hydrogen-bond acceptors (Lipinski definition) is 5. The van der Waals surface area contributed by atoms with E-state index in [1.807, 2.05) is 6.07 Å². The van der Waals surface area contributed by atoms with Gasteiger partial charge in [-0.15, -0.1) is 0 Å². The second-order valence-corrected chi connectivity index (χ2v) is 13.7. The van der Waals surface area contributed by atoms with Crippen LogP contribution in [0, 0.1) is 17.7 Å². The van der Waals surface area contributed by atoms with Gasteiger partial charge in [-0.3, -0.25) is 4.90 Å². The van der Waals surface area contributed by atoms with Crippen molar-refractivity contribution in [2.24, 2.45) is 11.8 Å². The lowest BCUT2D eigenvalue weighted by atomic mass is 9.73. The fourth-order valence-corrected chi connectivity index (χ4v) is 8.43. The molecule has 3 aliphatic rings. The molecule has 45 heavy (non-hydrogen) atoms. The maximum Gasteiger partial charge on any atom is 0.219 e. The van der Waals surface area contributed by atoms with Crippen LogP contribution in [0.4, 0.5) is 10.3 Å². The van der Waals surface area contributed by atoms with E-state index in [4.69, 9.17) is 9.40 Å². The van der Waals surface area contributed by atoms with Gasteiger partial charge in [0.15, 0.2) is 0 Å². The normalized spacial score (nSPS) is 22.0. The van der Waals surface area contributed by atoms with Crippen LogP contribution in [0.25, 0.3) is 0 Å². The van der Waals surface area contributed by atoms with Crippen molar-refractivity contribution in [1.82, 2.24) is 14.8 Å². The molecule has 2 atom stereocenters. The van der Waals surface area contributed by atoms with Gasteiger partial charge in [-0.2, -0.15) is 0 Å². The molecule has 2 aliphatic heterocycles. The Kier molecular flexibility index (Phi) is 9.04. The average Bonchev–Trinajstić information content (AvgIpc) is 3.73. The quantitative estimate of drug-likeness (QED) is 0.192. The topological polar surface area (TPSA) is 35.8 Å². The summed E-state index contributed by atoms with van der Waals surface area (Å²) in [4.78, 5) is 12.8. The number of oxazole rings is 1. The number of fused-ring (bicyclic) bond motifs is 1. The Morgan fingerprint density at radius 2 is 1.56 bits per heavy atom. The Bertz CT molecular complexity index is 1550. The summed E-state index contributed by atoms with van der Waals surface area (Å²) in [6.07, 6.45) is 8.71. The van der Waals surface area contributed by atoms with Gasteiger partial charge < -0.3 is 14.2 Å². The maximum absolute atomic E-state index is 14.3. The second-order valence-electron chi connectivity index (χ2n) is 13.7. The van der Waals surface area contributed by atoms with Crippen LogP contribution in [0.5, 0.6) is 0 Å². The lowest BCUT2D eigenvalue weighted by molar-refractivity contribution is 0.0594. The zero-order valence-corrected chi connectivity index (χ0v) is 26.9. The molecule has 5 nitrogen and oxygen atoms in total. The molecular weight excluding hydrogens is 559 g/mol. The number of halogens is 1. The predicted molar refractivity (Wildman–Crippen MR) is 179 cm³/mol. The van der Waals surface area contributed by atoms with Crippen LogP contribution in [-0.4, -0.2) is 48.5 Å². The lowest BCUT2D eigenvalue weighted by Crippen LogP contribution is -2.40. The van der Waals surface area contributed by atoms with E-state index in [2.05, 4.69) is 89.5 Å². The molecule has 1 saturated heterocycles. The van der Waals surface area contributed by atoms with E-state index in [1.54, 1.807) is 12.1 Å². The van der Waals surface area contributed by atoms with Gasteiger partial charge in [0.05, 0.1) is 6.04 Å². The molecule has 0 N–H and O–H groups in total. The molecule has 6 heteroatoms. The number of rotatable bonds is 9. The van der Waals surface area contributed by atoms with E-state index in [0.29, 0.717) is 11.8 Å². The summed E-state index contributed by atoms with van der Waals surface area (Å²) in [5, 5.41) is 0. The highest BCUT2D eigenvalue weighted by Crippen LogP contribution is 2.46. The second kappa shape index (κ2) is 13.5. The Labute approximate surface area is 268 Å². The minimum atomic E-state index is -0.150. The van der Waals surface area contributed by atoms with Crippen LogP contribution >= 0.6 is 0 Å². The SMILES string of the molecule is CN(C)C(c1cccc(F)c1)C1CCC(C(c2nc(Cc3ccccc3)c(N3CCCC3)o2)N2CCc3ccccc3C2)CC1. The van der Waals surface area contributed by atoms with Crippen molar-refractivity contribution >= 4 is 5.88 Å². The van der Waals surface area contributed by atoms with E-state index >= 15 is 0 Å². The summed E-state index contributed by atoms with van der Waals surface area (Å²) in [6.45, 7) is 4.02. The largest absolute Gasteiger partial charge is 0.423 e. The van der Waals surface area contributed by atoms with Gasteiger partial charge in [-0.25, -0.2) is 9.37 Å². The molecule has 0 radical (unpaired) electrons. The van der Waals surface area contributed by atoms with Crippen molar-refractivity contribution in [2.75, 3.05) is 38.6 Å². The van der Waals surface area contributed by atoms with E-state index in [0.717, 1.165) is 87.7 Å². The summed E-state index contributed by atoms with van der Waals surface area (Å²) < 4.78 is 21.2. The zero-order valence-electron chi connectivity index (χ0n) is 26.9. The third-order valence-electron chi connectivity index (χ3n) is 10.6. The smallest absolute Gasteiger partial charge is 0.219 e. The third kappa shape index (κ3) is 6.59. The molecule has 3 aromatic carbocycles. The van der Waals surface area contributed by atoms with Gasteiger partial charge >= 0.3 is 0 Å². The third-order valence-corrected chi connectivity index (χ3v) is 10.6. The summed E-state index contributed by atoms with van der Waals surface area (Å²) in [7, 11) is 4.27. The Balaban J connectivity index is 1.20. The van der Waals surface area contributed by atoms with Crippen LogP contribution in [0.1, 0.15) is 84.4 Å². The molecule has 4 aromatic rings. The zero-order chi connectivity index (χ0) is 30.8. The predicted octanol–water partition coefficient (Wildman–Crippen LogP) is 8.21. The monoisotopic (exact) mass is 606 g/mol. The van der Waals surface area contributed by atoms with Crippen molar-refractivity contribution in [1.29, 1.82) is 0 Å². The van der Waals surface area contributed by atoms with E-state index in [1.165, 1.54) is 29.5 Å². The van der Waals surface area contributed by atoms with Gasteiger partial charge in [0, 0.05) is 38.6 Å². The number of anilines is 1. The number of benzene rings is 3. The van der Waals surface area contributed by atoms with Crippen molar-refractivity contribution in [2.45, 2.75) is 70.0 Å². The first-order valence-corrected chi connectivity index (χ1v) is 17.0. The van der Waals surface area contributed by atoms with Gasteiger partial charge in [0.1, 0.15) is 11.5 Å². The van der Waals surface area contributed by atoms with Gasteiger partial charge in [-0.05, 0) is 105 Å². The highest BCUT2D eigenvalue weighted by molar-refractivity contribution is 5.45. The minimum absolute atomic E-state index is 0.136. The highest BCUT2D eigenvalue weighted by atomic mass is 19.1. The summed E-state index contributed by atoms with van der Waals surface area (Å²) in [5.41, 5.74) is 6.33. The van der Waals surface area contributed by atoms with Crippen molar-refractivity contribution < 1.29 is 8.81 Å². The molecule has 1 aromatic heterocycles. The molecule has 0 spiro atoms. The molecule has 2 fully saturated rings. The molecule has 3 heterocycles. The fraction of sp³-hybridized carbons (Fsp3) is 0.462.